The van der Waals surface area contributed by atoms with Crippen LogP contribution in [0.1, 0.15) is 89.3 Å². The summed E-state index contributed by atoms with van der Waals surface area (Å²) >= 11 is 2.86. The number of nitrogens with zero attached hydrogens (tertiary/aromatic N) is 7. The molecule has 3 amide bonds. The van der Waals surface area contributed by atoms with Crippen LogP contribution in [-0.4, -0.2) is 99.2 Å². The third-order valence-corrected chi connectivity index (χ3v) is 13.3. The van der Waals surface area contributed by atoms with Crippen LogP contribution in [0, 0.1) is 37.5 Å². The van der Waals surface area contributed by atoms with Gasteiger partial charge in [0, 0.05) is 88.9 Å². The predicted octanol–water partition coefficient (Wildman–Crippen LogP) is 9.80. The van der Waals surface area contributed by atoms with Crippen LogP contribution in [-0.2, 0) is 9.59 Å². The van der Waals surface area contributed by atoms with Crippen molar-refractivity contribution in [1.82, 2.24) is 45.2 Å². The lowest BCUT2D eigenvalue weighted by atomic mass is 9.95. The Kier molecular flexibility index (Phi) is 17.6. The number of anilines is 4. The van der Waals surface area contributed by atoms with Gasteiger partial charge in [-0.15, -0.1) is 22.7 Å². The van der Waals surface area contributed by atoms with E-state index in [9.17, 15) is 19.2 Å². The number of hydrogen-bond acceptors (Lipinski definition) is 16. The second-order valence-electron chi connectivity index (χ2n) is 17.2. The number of thiazole rings is 2. The molecule has 7 heterocycles. The number of benzene rings is 2. The number of carboxylic acids is 1. The summed E-state index contributed by atoms with van der Waals surface area (Å²) in [6.45, 7) is 8.26. The molecule has 384 valence electrons. The highest BCUT2D eigenvalue weighted by molar-refractivity contribution is 7.16. The first-order chi connectivity index (χ1) is 36.4. The third kappa shape index (κ3) is 14.2. The highest BCUT2D eigenvalue weighted by Gasteiger charge is 2.25. The van der Waals surface area contributed by atoms with Crippen LogP contribution in [0.5, 0.6) is 23.0 Å². The maximum atomic E-state index is 12.5. The van der Waals surface area contributed by atoms with E-state index >= 15 is 0 Å². The molecule has 22 heteroatoms. The number of carbonyl (C=O) groups excluding carboxylic acids is 3. The largest absolute Gasteiger partial charge is 0.472 e. The number of aryl methyl sites for hydroxylation is 2. The van der Waals surface area contributed by atoms with E-state index < -0.39 is 5.97 Å². The number of amides is 3. The van der Waals surface area contributed by atoms with Gasteiger partial charge >= 0.3 is 5.97 Å². The van der Waals surface area contributed by atoms with E-state index in [0.29, 0.717) is 86.0 Å². The van der Waals surface area contributed by atoms with Crippen molar-refractivity contribution in [1.29, 1.82) is 0 Å². The standard InChI is InChI=1S/C26H25N7O3S.C23H24N6O2S.C4H4O2/c1-3-5-21(34)33-13-4-6-18(15-33)29-24-22-20(11-12-27-23(22)31-32-24)36-19-9-7-17(8-10-19)25(35)30-26-28-14-16(2)37-26;1-14-13-25-23(32-14)27-22(30)15-7-9-17(10-8-15)31-18-11-12-24-20-19(18)21(29-28-20)26-16-5-3-2-4-6-16;1-2-3-4(5)6/h7-12,14,18H,4,6,13,15H2,1-2H3,(H,28,30,35)(H2,27,29,31,32);7-13,16H,2-6H2,1H3,(H,25,27,30)(H2,24,26,28,29);1H3,(H,5,6)/t18-;;/m1../s1. The Bertz CT molecular complexity index is 3410. The minimum atomic E-state index is -1.07. The number of nitrogens with one attached hydrogen (secondary N) is 6. The van der Waals surface area contributed by atoms with Gasteiger partial charge in [-0.2, -0.15) is 10.2 Å². The van der Waals surface area contributed by atoms with E-state index in [0.717, 1.165) is 46.6 Å². The fourth-order valence-corrected chi connectivity index (χ4v) is 9.52. The van der Waals surface area contributed by atoms with E-state index in [4.69, 9.17) is 14.6 Å². The molecule has 1 aliphatic carbocycles. The lowest BCUT2D eigenvalue weighted by molar-refractivity contribution is -0.130. The first kappa shape index (κ1) is 52.5. The van der Waals surface area contributed by atoms with Crippen molar-refractivity contribution in [3.63, 3.8) is 0 Å². The lowest BCUT2D eigenvalue weighted by Gasteiger charge is -2.32. The summed E-state index contributed by atoms with van der Waals surface area (Å²) in [5.74, 6) is 11.5. The second-order valence-corrected chi connectivity index (χ2v) is 19.7. The van der Waals surface area contributed by atoms with Gasteiger partial charge in [-0.3, -0.25) is 35.2 Å². The number of ether oxygens (including phenoxy) is 2. The van der Waals surface area contributed by atoms with Crippen molar-refractivity contribution in [3.8, 4) is 46.7 Å². The number of aliphatic carboxylic acids is 1. The van der Waals surface area contributed by atoms with Crippen molar-refractivity contribution >= 4 is 90.3 Å². The molecule has 0 bridgehead atoms. The van der Waals surface area contributed by atoms with Crippen molar-refractivity contribution in [3.05, 3.63) is 106 Å². The van der Waals surface area contributed by atoms with Gasteiger partial charge in [0.1, 0.15) is 33.8 Å². The molecule has 1 saturated carbocycles. The minimum Gasteiger partial charge on any atom is -0.472 e. The maximum absolute atomic E-state index is 12.5. The number of aromatic amines is 2. The summed E-state index contributed by atoms with van der Waals surface area (Å²) in [5, 5.41) is 37.8. The van der Waals surface area contributed by atoms with Gasteiger partial charge in [0.2, 0.25) is 0 Å². The Morgan fingerprint density at radius 2 is 1.12 bits per heavy atom. The summed E-state index contributed by atoms with van der Waals surface area (Å²) in [5.41, 5.74) is 2.29. The smallest absolute Gasteiger partial charge is 0.381 e. The van der Waals surface area contributed by atoms with Crippen molar-refractivity contribution in [2.75, 3.05) is 34.4 Å². The SMILES string of the molecule is CC#CC(=O)N1CCC[C@@H](Nc2n[nH]c3nccc(Oc4ccc(C(=O)Nc5ncc(C)s5)cc4)c23)C1.CC#CC(=O)O.Cc1cnc(NC(=O)c2ccc(Oc3ccnc4[nH]nc(NC5CCCCC5)c34)cc2)s1. The Morgan fingerprint density at radius 3 is 1.56 bits per heavy atom. The number of piperidine rings is 1. The van der Waals surface area contributed by atoms with Gasteiger partial charge in [-0.05, 0) is 108 Å². The van der Waals surface area contributed by atoms with E-state index in [1.807, 2.05) is 25.8 Å². The molecule has 0 radical (unpaired) electrons. The fourth-order valence-electron chi connectivity index (χ4n) is 8.20. The number of H-pyrrole nitrogens is 2. The summed E-state index contributed by atoms with van der Waals surface area (Å²) < 4.78 is 12.3. The zero-order valence-electron chi connectivity index (χ0n) is 41.4. The van der Waals surface area contributed by atoms with E-state index in [2.05, 4.69) is 79.4 Å². The Hall–Kier alpha value is -8.86. The molecule has 1 saturated heterocycles. The monoisotopic (exact) mass is 1050 g/mol. The summed E-state index contributed by atoms with van der Waals surface area (Å²) in [7, 11) is 0. The zero-order valence-corrected chi connectivity index (χ0v) is 43.1. The van der Waals surface area contributed by atoms with Gasteiger partial charge < -0.3 is 30.1 Å². The predicted molar refractivity (Wildman–Crippen MR) is 289 cm³/mol. The van der Waals surface area contributed by atoms with Crippen molar-refractivity contribution in [2.45, 2.75) is 84.7 Å². The molecule has 10 rings (SSSR count). The summed E-state index contributed by atoms with van der Waals surface area (Å²) in [6, 6.07) is 17.9. The third-order valence-electron chi connectivity index (χ3n) is 11.7. The molecule has 20 nitrogen and oxygen atoms in total. The number of fused-ring (bicyclic) bond motifs is 2. The molecule has 0 spiro atoms. The molecular formula is C53H53N13O7S2. The minimum absolute atomic E-state index is 0.0235. The molecule has 7 N–H and O–H groups in total. The first-order valence-corrected chi connectivity index (χ1v) is 25.7. The number of pyridine rings is 2. The quantitative estimate of drug-likeness (QED) is 0.0561. The van der Waals surface area contributed by atoms with Gasteiger partial charge in [0.05, 0.1) is 0 Å². The van der Waals surface area contributed by atoms with Crippen LogP contribution in [0.3, 0.4) is 0 Å². The zero-order chi connectivity index (χ0) is 52.7. The highest BCUT2D eigenvalue weighted by Crippen LogP contribution is 2.36. The number of aromatic nitrogens is 8. The van der Waals surface area contributed by atoms with E-state index in [1.165, 1.54) is 48.9 Å². The van der Waals surface area contributed by atoms with Gasteiger partial charge in [-0.25, -0.2) is 24.7 Å². The molecule has 2 fully saturated rings. The van der Waals surface area contributed by atoms with Crippen LogP contribution < -0.4 is 30.7 Å². The van der Waals surface area contributed by atoms with Crippen LogP contribution in [0.4, 0.5) is 21.9 Å². The van der Waals surface area contributed by atoms with E-state index in [1.54, 1.807) is 91.2 Å². The lowest BCUT2D eigenvalue weighted by Crippen LogP contribution is -2.44. The molecular weight excluding hydrogens is 995 g/mol. The molecule has 8 aromatic rings. The second kappa shape index (κ2) is 25.2. The molecule has 0 unspecified atom stereocenters. The topological polar surface area (TPSA) is 267 Å². The maximum Gasteiger partial charge on any atom is 0.381 e. The fraction of sp³-hybridized carbons (Fsp3) is 0.283. The van der Waals surface area contributed by atoms with Crippen LogP contribution in [0.25, 0.3) is 22.1 Å². The number of likely N-dealkylation sites (tertiary alicyclic amines) is 1. The first-order valence-electron chi connectivity index (χ1n) is 24.0. The Labute approximate surface area is 439 Å². The van der Waals surface area contributed by atoms with E-state index in [-0.39, 0.29) is 23.8 Å². The Balaban J connectivity index is 0.000000181. The average Bonchev–Trinajstić information content (AvgIpc) is 4.23. The van der Waals surface area contributed by atoms with Gasteiger partial charge in [0.15, 0.2) is 33.2 Å². The molecule has 75 heavy (non-hydrogen) atoms. The highest BCUT2D eigenvalue weighted by atomic mass is 32.1. The van der Waals surface area contributed by atoms with Crippen LogP contribution >= 0.6 is 22.7 Å². The average molecular weight is 1050 g/mol. The summed E-state index contributed by atoms with van der Waals surface area (Å²) in [4.78, 5) is 67.5. The molecule has 2 aromatic carbocycles. The summed E-state index contributed by atoms with van der Waals surface area (Å²) in [6.07, 6.45) is 14.6. The number of hydrogen-bond donors (Lipinski definition) is 7. The van der Waals surface area contributed by atoms with Crippen LogP contribution in [0.15, 0.2) is 85.5 Å². The number of rotatable bonds is 12. The molecule has 1 aliphatic heterocycles. The Morgan fingerprint density at radius 1 is 0.640 bits per heavy atom. The molecule has 6 aromatic heterocycles. The molecule has 1 atom stereocenters. The van der Waals surface area contributed by atoms with Crippen molar-refractivity contribution < 1.29 is 33.8 Å². The van der Waals surface area contributed by atoms with Gasteiger partial charge in [0.25, 0.3) is 17.7 Å². The molecule has 2 aliphatic rings. The number of carboxylic acid groups (broad SMARTS) is 1. The number of carbonyl (C=O) groups is 4. The van der Waals surface area contributed by atoms with Crippen molar-refractivity contribution in [2.24, 2.45) is 0 Å². The normalized spacial score (nSPS) is 14.0. The van der Waals surface area contributed by atoms with Crippen LogP contribution in [0.2, 0.25) is 0 Å². The van der Waals surface area contributed by atoms with Gasteiger partial charge in [-0.1, -0.05) is 31.1 Å².